The van der Waals surface area contributed by atoms with Crippen molar-refractivity contribution in [3.63, 3.8) is 0 Å². The Labute approximate surface area is 122 Å². The minimum absolute atomic E-state index is 0.490. The average molecular weight is 311 g/mol. The van der Waals surface area contributed by atoms with Crippen LogP contribution in [0.15, 0.2) is 77.3 Å². The van der Waals surface area contributed by atoms with Gasteiger partial charge < -0.3 is 0 Å². The fourth-order valence-corrected chi connectivity index (χ4v) is 2.93. The van der Waals surface area contributed by atoms with E-state index in [1.54, 1.807) is 0 Å². The Morgan fingerprint density at radius 3 is 2.21 bits per heavy atom. The summed E-state index contributed by atoms with van der Waals surface area (Å²) in [5.41, 5.74) is 3.93. The van der Waals surface area contributed by atoms with Gasteiger partial charge >= 0.3 is 0 Å². The summed E-state index contributed by atoms with van der Waals surface area (Å²) in [6.07, 6.45) is 7.70. The molecule has 0 amide bonds. The first kappa shape index (κ1) is 12.4. The van der Waals surface area contributed by atoms with Gasteiger partial charge in [0.25, 0.3) is 0 Å². The molecular formula is C18H15Br. The minimum atomic E-state index is 0.490. The van der Waals surface area contributed by atoms with Crippen LogP contribution in [-0.2, 0) is 0 Å². The fourth-order valence-electron chi connectivity index (χ4n) is 2.43. The Bertz CT molecular complexity index is 606. The van der Waals surface area contributed by atoms with Gasteiger partial charge in [0.05, 0.1) is 0 Å². The molecule has 0 fully saturated rings. The summed E-state index contributed by atoms with van der Waals surface area (Å²) >= 11 is 3.55. The molecule has 0 nitrogen and oxygen atoms in total. The van der Waals surface area contributed by atoms with Gasteiger partial charge in [-0.05, 0) is 23.1 Å². The van der Waals surface area contributed by atoms with Crippen molar-refractivity contribution in [1.29, 1.82) is 0 Å². The molecule has 0 bridgehead atoms. The maximum Gasteiger partial charge on any atom is 0.0138 e. The van der Waals surface area contributed by atoms with E-state index in [4.69, 9.17) is 0 Å². The number of hydrogen-bond donors (Lipinski definition) is 0. The molecular weight excluding hydrogens is 296 g/mol. The lowest BCUT2D eigenvalue weighted by atomic mass is 9.91. The summed E-state index contributed by atoms with van der Waals surface area (Å²) in [4.78, 5) is 0. The Morgan fingerprint density at radius 2 is 1.53 bits per heavy atom. The van der Waals surface area contributed by atoms with Crippen LogP contribution in [0.5, 0.6) is 0 Å². The molecule has 2 aromatic carbocycles. The lowest BCUT2D eigenvalue weighted by Crippen LogP contribution is -1.97. The Balaban J connectivity index is 1.86. The van der Waals surface area contributed by atoms with Crippen molar-refractivity contribution in [2.24, 2.45) is 0 Å². The molecule has 1 aliphatic carbocycles. The van der Waals surface area contributed by atoms with Gasteiger partial charge in [0.15, 0.2) is 0 Å². The number of rotatable bonds is 2. The summed E-state index contributed by atoms with van der Waals surface area (Å²) in [7, 11) is 0. The fraction of sp³-hybridized carbons (Fsp3) is 0.111. The summed E-state index contributed by atoms with van der Waals surface area (Å²) < 4.78 is 1.18. The van der Waals surface area contributed by atoms with Crippen LogP contribution in [0, 0.1) is 0 Å². The average Bonchev–Trinajstić information content (AvgIpc) is 2.48. The standard InChI is InChI=1S/C18H15Br/c19-18-8-4-7-17(13-18)16-11-9-15(10-12-16)14-5-2-1-3-6-14/h1-6,8-13,17H,7H2. The molecule has 0 aromatic heterocycles. The zero-order valence-electron chi connectivity index (χ0n) is 10.6. The molecule has 1 atom stereocenters. The second-order valence-electron chi connectivity index (χ2n) is 4.78. The van der Waals surface area contributed by atoms with Crippen LogP contribution in [0.1, 0.15) is 17.9 Å². The van der Waals surface area contributed by atoms with Crippen LogP contribution in [0.25, 0.3) is 11.1 Å². The molecule has 0 aliphatic heterocycles. The van der Waals surface area contributed by atoms with Crippen molar-refractivity contribution in [1.82, 2.24) is 0 Å². The third kappa shape index (κ3) is 2.87. The van der Waals surface area contributed by atoms with Gasteiger partial charge in [0.2, 0.25) is 0 Å². The number of hydrogen-bond acceptors (Lipinski definition) is 0. The Kier molecular flexibility index (Phi) is 3.65. The van der Waals surface area contributed by atoms with E-state index in [-0.39, 0.29) is 0 Å². The molecule has 19 heavy (non-hydrogen) atoms. The zero-order valence-corrected chi connectivity index (χ0v) is 12.2. The maximum absolute atomic E-state index is 3.55. The highest BCUT2D eigenvalue weighted by atomic mass is 79.9. The van der Waals surface area contributed by atoms with Crippen molar-refractivity contribution in [2.75, 3.05) is 0 Å². The van der Waals surface area contributed by atoms with Crippen LogP contribution in [0.4, 0.5) is 0 Å². The predicted molar refractivity (Wildman–Crippen MR) is 85.4 cm³/mol. The highest BCUT2D eigenvalue weighted by molar-refractivity contribution is 9.11. The topological polar surface area (TPSA) is 0 Å². The summed E-state index contributed by atoms with van der Waals surface area (Å²) in [6.45, 7) is 0. The van der Waals surface area contributed by atoms with Gasteiger partial charge in [0.1, 0.15) is 0 Å². The first-order valence-electron chi connectivity index (χ1n) is 6.52. The smallest absolute Gasteiger partial charge is 0.0138 e. The van der Waals surface area contributed by atoms with Crippen molar-refractivity contribution in [3.8, 4) is 11.1 Å². The molecule has 0 saturated heterocycles. The van der Waals surface area contributed by atoms with E-state index in [9.17, 15) is 0 Å². The number of allylic oxidation sites excluding steroid dienone is 4. The zero-order chi connectivity index (χ0) is 13.1. The first-order chi connectivity index (χ1) is 9.33. The van der Waals surface area contributed by atoms with Crippen molar-refractivity contribution in [3.05, 3.63) is 82.9 Å². The lowest BCUT2D eigenvalue weighted by Gasteiger charge is -2.15. The quantitative estimate of drug-likeness (QED) is 0.669. The van der Waals surface area contributed by atoms with Gasteiger partial charge in [-0.3, -0.25) is 0 Å². The first-order valence-corrected chi connectivity index (χ1v) is 7.31. The van der Waals surface area contributed by atoms with Crippen LogP contribution in [0.3, 0.4) is 0 Å². The van der Waals surface area contributed by atoms with Gasteiger partial charge in [-0.1, -0.05) is 88.8 Å². The molecule has 0 heterocycles. The van der Waals surface area contributed by atoms with E-state index in [1.165, 1.54) is 21.2 Å². The molecule has 1 aliphatic rings. The van der Waals surface area contributed by atoms with Crippen molar-refractivity contribution >= 4 is 15.9 Å². The summed E-state index contributed by atoms with van der Waals surface area (Å²) in [5, 5.41) is 0. The molecule has 0 N–H and O–H groups in total. The van der Waals surface area contributed by atoms with Crippen molar-refractivity contribution in [2.45, 2.75) is 12.3 Å². The normalized spacial score (nSPS) is 18.2. The van der Waals surface area contributed by atoms with E-state index in [1.807, 2.05) is 0 Å². The maximum atomic E-state index is 3.55. The molecule has 1 unspecified atom stereocenters. The Hall–Kier alpha value is -1.60. The molecule has 0 saturated carbocycles. The molecule has 1 heteroatoms. The third-order valence-corrected chi connectivity index (χ3v) is 4.00. The predicted octanol–water partition coefficient (Wildman–Crippen LogP) is 5.68. The van der Waals surface area contributed by atoms with Gasteiger partial charge in [-0.25, -0.2) is 0 Å². The van der Waals surface area contributed by atoms with E-state index in [2.05, 4.69) is 88.8 Å². The highest BCUT2D eigenvalue weighted by Crippen LogP contribution is 2.30. The third-order valence-electron chi connectivity index (χ3n) is 3.47. The molecule has 0 radical (unpaired) electrons. The lowest BCUT2D eigenvalue weighted by molar-refractivity contribution is 0.852. The second kappa shape index (κ2) is 5.58. The molecule has 94 valence electrons. The van der Waals surface area contributed by atoms with Crippen molar-refractivity contribution < 1.29 is 0 Å². The molecule has 2 aromatic rings. The molecule has 3 rings (SSSR count). The van der Waals surface area contributed by atoms with E-state index in [0.29, 0.717) is 5.92 Å². The number of halogens is 1. The highest BCUT2D eigenvalue weighted by Gasteiger charge is 2.10. The van der Waals surface area contributed by atoms with Gasteiger partial charge in [0, 0.05) is 10.4 Å². The van der Waals surface area contributed by atoms with Gasteiger partial charge in [-0.15, -0.1) is 0 Å². The summed E-state index contributed by atoms with van der Waals surface area (Å²) in [6, 6.07) is 19.4. The second-order valence-corrected chi connectivity index (χ2v) is 5.70. The van der Waals surface area contributed by atoms with Gasteiger partial charge in [-0.2, -0.15) is 0 Å². The van der Waals surface area contributed by atoms with Crippen LogP contribution in [-0.4, -0.2) is 0 Å². The number of benzene rings is 2. The monoisotopic (exact) mass is 310 g/mol. The summed E-state index contributed by atoms with van der Waals surface area (Å²) in [5.74, 6) is 0.490. The largest absolute Gasteiger partial charge is 0.0825 e. The van der Waals surface area contributed by atoms with Crippen LogP contribution < -0.4 is 0 Å². The van der Waals surface area contributed by atoms with Crippen LogP contribution in [0.2, 0.25) is 0 Å². The minimum Gasteiger partial charge on any atom is -0.0825 e. The molecule has 0 spiro atoms. The van der Waals surface area contributed by atoms with Crippen LogP contribution >= 0.6 is 15.9 Å². The van der Waals surface area contributed by atoms with E-state index >= 15 is 0 Å². The van der Waals surface area contributed by atoms with E-state index in [0.717, 1.165) is 6.42 Å². The Morgan fingerprint density at radius 1 is 0.842 bits per heavy atom. The van der Waals surface area contributed by atoms with E-state index < -0.39 is 0 Å². The SMILES string of the molecule is BrC1=CC(c2ccc(-c3ccccc3)cc2)CC=C1.